The third-order valence-electron chi connectivity index (χ3n) is 5.00. The van der Waals surface area contributed by atoms with Crippen LogP contribution < -0.4 is 10.2 Å². The van der Waals surface area contributed by atoms with Crippen molar-refractivity contribution >= 4 is 16.7 Å². The molecule has 1 fully saturated rings. The number of nitrogens with one attached hydrogen (secondary N) is 1. The Kier molecular flexibility index (Phi) is 4.39. The maximum atomic E-state index is 4.77. The maximum Gasteiger partial charge on any atom is 0.159 e. The van der Waals surface area contributed by atoms with Gasteiger partial charge in [0.15, 0.2) is 5.82 Å². The lowest BCUT2D eigenvalue weighted by molar-refractivity contribution is 0.585. The van der Waals surface area contributed by atoms with Crippen LogP contribution in [0.1, 0.15) is 0 Å². The molecule has 0 saturated carbocycles. The Hall–Kier alpha value is -3.38. The molecule has 4 aromatic rings. The smallest absolute Gasteiger partial charge is 0.159 e. The normalized spacial score (nSPS) is 14.4. The van der Waals surface area contributed by atoms with Gasteiger partial charge in [0, 0.05) is 61.3 Å². The zero-order chi connectivity index (χ0) is 18.8. The topological polar surface area (TPSA) is 66.8 Å². The fourth-order valence-corrected chi connectivity index (χ4v) is 3.49. The summed E-state index contributed by atoms with van der Waals surface area (Å²) in [5.74, 6) is 1.72. The molecule has 1 aromatic carbocycles. The molecule has 28 heavy (non-hydrogen) atoms. The molecule has 1 saturated heterocycles. The molecule has 6 heteroatoms. The molecular weight excluding hydrogens is 348 g/mol. The SMILES string of the molecule is c1cnc2ccc(-c3nccc(-c4ccc(N5CCNCC5)nc4)n3)cc2c1. The van der Waals surface area contributed by atoms with Gasteiger partial charge in [-0.2, -0.15) is 0 Å². The molecule has 4 heterocycles. The third kappa shape index (κ3) is 3.30. The van der Waals surface area contributed by atoms with Gasteiger partial charge in [-0.05, 0) is 42.5 Å². The highest BCUT2D eigenvalue weighted by Gasteiger charge is 2.12. The van der Waals surface area contributed by atoms with E-state index >= 15 is 0 Å². The van der Waals surface area contributed by atoms with Crippen molar-refractivity contribution in [1.82, 2.24) is 25.3 Å². The lowest BCUT2D eigenvalue weighted by atomic mass is 10.1. The number of aromatic nitrogens is 4. The van der Waals surface area contributed by atoms with Crippen LogP contribution in [-0.4, -0.2) is 46.1 Å². The number of pyridine rings is 2. The second-order valence-electron chi connectivity index (χ2n) is 6.82. The number of piperazine rings is 1. The van der Waals surface area contributed by atoms with Crippen molar-refractivity contribution in [1.29, 1.82) is 0 Å². The van der Waals surface area contributed by atoms with E-state index in [9.17, 15) is 0 Å². The predicted molar refractivity (Wildman–Crippen MR) is 111 cm³/mol. The molecule has 0 amide bonds. The van der Waals surface area contributed by atoms with Gasteiger partial charge < -0.3 is 10.2 Å². The van der Waals surface area contributed by atoms with Crippen LogP contribution in [0.15, 0.2) is 67.1 Å². The Labute approximate surface area is 163 Å². The van der Waals surface area contributed by atoms with Crippen molar-refractivity contribution in [3.63, 3.8) is 0 Å². The van der Waals surface area contributed by atoms with Gasteiger partial charge in [-0.25, -0.2) is 15.0 Å². The first-order chi connectivity index (χ1) is 13.9. The molecule has 0 aliphatic carbocycles. The van der Waals surface area contributed by atoms with E-state index in [2.05, 4.69) is 49.4 Å². The molecule has 0 spiro atoms. The van der Waals surface area contributed by atoms with E-state index in [0.29, 0.717) is 5.82 Å². The minimum atomic E-state index is 0.703. The van der Waals surface area contributed by atoms with Crippen LogP contribution in [0, 0.1) is 0 Å². The van der Waals surface area contributed by atoms with Crippen LogP contribution in [-0.2, 0) is 0 Å². The molecule has 0 atom stereocenters. The number of fused-ring (bicyclic) bond motifs is 1. The molecule has 6 nitrogen and oxygen atoms in total. The summed E-state index contributed by atoms with van der Waals surface area (Å²) in [5.41, 5.74) is 3.81. The van der Waals surface area contributed by atoms with Gasteiger partial charge >= 0.3 is 0 Å². The van der Waals surface area contributed by atoms with Crippen molar-refractivity contribution in [2.24, 2.45) is 0 Å². The predicted octanol–water partition coefficient (Wildman–Crippen LogP) is 3.16. The summed E-state index contributed by atoms with van der Waals surface area (Å²) < 4.78 is 0. The summed E-state index contributed by atoms with van der Waals surface area (Å²) >= 11 is 0. The van der Waals surface area contributed by atoms with E-state index in [1.807, 2.05) is 30.5 Å². The highest BCUT2D eigenvalue weighted by atomic mass is 15.2. The van der Waals surface area contributed by atoms with Crippen LogP contribution in [0.2, 0.25) is 0 Å². The summed E-state index contributed by atoms with van der Waals surface area (Å²) in [4.78, 5) is 20.6. The molecule has 1 N–H and O–H groups in total. The highest BCUT2D eigenvalue weighted by molar-refractivity contribution is 5.83. The molecule has 1 aliphatic rings. The third-order valence-corrected chi connectivity index (χ3v) is 5.00. The summed E-state index contributed by atoms with van der Waals surface area (Å²) in [6.45, 7) is 3.97. The second kappa shape index (κ2) is 7.32. The second-order valence-corrected chi connectivity index (χ2v) is 6.82. The highest BCUT2D eigenvalue weighted by Crippen LogP contribution is 2.24. The largest absolute Gasteiger partial charge is 0.354 e. The number of benzene rings is 1. The lowest BCUT2D eigenvalue weighted by Crippen LogP contribution is -2.43. The molecule has 0 radical (unpaired) electrons. The number of nitrogens with zero attached hydrogens (tertiary/aromatic N) is 5. The van der Waals surface area contributed by atoms with Crippen molar-refractivity contribution in [2.45, 2.75) is 0 Å². The lowest BCUT2D eigenvalue weighted by Gasteiger charge is -2.28. The molecule has 138 valence electrons. The Morgan fingerprint density at radius 2 is 1.71 bits per heavy atom. The quantitative estimate of drug-likeness (QED) is 0.599. The van der Waals surface area contributed by atoms with E-state index in [1.54, 1.807) is 12.4 Å². The average molecular weight is 368 g/mol. The minimum absolute atomic E-state index is 0.703. The van der Waals surface area contributed by atoms with Gasteiger partial charge in [0.2, 0.25) is 0 Å². The first-order valence-electron chi connectivity index (χ1n) is 9.47. The summed E-state index contributed by atoms with van der Waals surface area (Å²) in [5, 5.41) is 4.44. The Balaban J connectivity index is 1.44. The number of hydrogen-bond donors (Lipinski definition) is 1. The fraction of sp³-hybridized carbons (Fsp3) is 0.182. The summed E-state index contributed by atoms with van der Waals surface area (Å²) in [7, 11) is 0. The molecule has 5 rings (SSSR count). The molecule has 1 aliphatic heterocycles. The van der Waals surface area contributed by atoms with Crippen molar-refractivity contribution in [3.05, 3.63) is 67.1 Å². The van der Waals surface area contributed by atoms with Crippen molar-refractivity contribution in [2.75, 3.05) is 31.1 Å². The number of rotatable bonds is 3. The van der Waals surface area contributed by atoms with E-state index in [-0.39, 0.29) is 0 Å². The minimum Gasteiger partial charge on any atom is -0.354 e. The van der Waals surface area contributed by atoms with Crippen LogP contribution in [0.25, 0.3) is 33.5 Å². The van der Waals surface area contributed by atoms with E-state index in [4.69, 9.17) is 4.98 Å². The molecule has 0 bridgehead atoms. The fourth-order valence-electron chi connectivity index (χ4n) is 3.49. The maximum absolute atomic E-state index is 4.77. The van der Waals surface area contributed by atoms with Gasteiger partial charge in [-0.15, -0.1) is 0 Å². The van der Waals surface area contributed by atoms with Crippen molar-refractivity contribution < 1.29 is 0 Å². The van der Waals surface area contributed by atoms with Gasteiger partial charge in [0.25, 0.3) is 0 Å². The van der Waals surface area contributed by atoms with Crippen molar-refractivity contribution in [3.8, 4) is 22.6 Å². The van der Waals surface area contributed by atoms with Crippen LogP contribution >= 0.6 is 0 Å². The van der Waals surface area contributed by atoms with E-state index in [0.717, 1.165) is 59.7 Å². The van der Waals surface area contributed by atoms with Gasteiger partial charge in [-0.1, -0.05) is 6.07 Å². The number of anilines is 1. The zero-order valence-corrected chi connectivity index (χ0v) is 15.4. The zero-order valence-electron chi connectivity index (χ0n) is 15.4. The van der Waals surface area contributed by atoms with Gasteiger partial charge in [-0.3, -0.25) is 4.98 Å². The Morgan fingerprint density at radius 3 is 2.57 bits per heavy atom. The van der Waals surface area contributed by atoms with Crippen LogP contribution in [0.4, 0.5) is 5.82 Å². The van der Waals surface area contributed by atoms with Crippen LogP contribution in [0.5, 0.6) is 0 Å². The first-order valence-corrected chi connectivity index (χ1v) is 9.47. The molecule has 0 unspecified atom stereocenters. The van der Waals surface area contributed by atoms with E-state index < -0.39 is 0 Å². The first kappa shape index (κ1) is 16.8. The Morgan fingerprint density at radius 1 is 0.821 bits per heavy atom. The summed E-state index contributed by atoms with van der Waals surface area (Å²) in [6, 6.07) is 16.2. The monoisotopic (exact) mass is 368 g/mol. The van der Waals surface area contributed by atoms with E-state index in [1.165, 1.54) is 0 Å². The standard InChI is InChI=1S/C22H20N6/c1-2-16-14-17(3-5-19(16)24-8-1)22-25-9-7-20(27-22)18-4-6-21(26-15-18)28-12-10-23-11-13-28/h1-9,14-15,23H,10-13H2. The van der Waals surface area contributed by atoms with Gasteiger partial charge in [0.1, 0.15) is 5.82 Å². The number of hydrogen-bond acceptors (Lipinski definition) is 6. The average Bonchev–Trinajstić information content (AvgIpc) is 2.79. The van der Waals surface area contributed by atoms with Gasteiger partial charge in [0.05, 0.1) is 11.2 Å². The molecule has 3 aromatic heterocycles. The van der Waals surface area contributed by atoms with Crippen LogP contribution in [0.3, 0.4) is 0 Å². The Bertz CT molecular complexity index is 1100. The summed E-state index contributed by atoms with van der Waals surface area (Å²) in [6.07, 6.45) is 5.50. The molecular formula is C22H20N6.